The molecular formula is C10H9ClN2. The van der Waals surface area contributed by atoms with Gasteiger partial charge in [0.15, 0.2) is 0 Å². The Labute approximate surface area is 82.1 Å². The second kappa shape index (κ2) is 2.93. The summed E-state index contributed by atoms with van der Waals surface area (Å²) in [5.41, 5.74) is 2.71. The molecule has 1 aliphatic rings. The lowest BCUT2D eigenvalue weighted by Gasteiger charge is -2.02. The monoisotopic (exact) mass is 192 g/mol. The van der Waals surface area contributed by atoms with E-state index in [9.17, 15) is 0 Å². The van der Waals surface area contributed by atoms with E-state index < -0.39 is 0 Å². The van der Waals surface area contributed by atoms with Gasteiger partial charge in [0.2, 0.25) is 0 Å². The Hall–Kier alpha value is -1.20. The summed E-state index contributed by atoms with van der Waals surface area (Å²) in [4.78, 5) is 0. The summed E-state index contributed by atoms with van der Waals surface area (Å²) in [5.74, 6) is 0. The normalized spacial score (nSPS) is 19.0. The first-order valence-electron chi connectivity index (χ1n) is 4.20. The van der Waals surface area contributed by atoms with Gasteiger partial charge in [-0.3, -0.25) is 0 Å². The Morgan fingerprint density at radius 2 is 2.38 bits per heavy atom. The lowest BCUT2D eigenvalue weighted by Crippen LogP contribution is -2.08. The molecule has 1 aromatic rings. The molecule has 1 unspecified atom stereocenters. The molecule has 1 N–H and O–H groups in total. The molecule has 13 heavy (non-hydrogen) atoms. The van der Waals surface area contributed by atoms with Crippen LogP contribution >= 0.6 is 11.6 Å². The van der Waals surface area contributed by atoms with Crippen LogP contribution < -0.4 is 5.32 Å². The van der Waals surface area contributed by atoms with Crippen molar-refractivity contribution in [2.24, 2.45) is 0 Å². The Bertz CT molecular complexity index is 393. The second-order valence-electron chi connectivity index (χ2n) is 3.31. The minimum Gasteiger partial charge on any atom is -0.382 e. The molecule has 0 saturated carbocycles. The highest BCUT2D eigenvalue weighted by atomic mass is 35.5. The molecule has 66 valence electrons. The molecule has 3 heteroatoms. The Morgan fingerprint density at radius 1 is 1.62 bits per heavy atom. The zero-order chi connectivity index (χ0) is 9.42. The largest absolute Gasteiger partial charge is 0.382 e. The highest BCUT2D eigenvalue weighted by molar-refractivity contribution is 6.33. The van der Waals surface area contributed by atoms with Crippen LogP contribution in [0.1, 0.15) is 18.1 Å². The van der Waals surface area contributed by atoms with Crippen LogP contribution in [0.5, 0.6) is 0 Å². The second-order valence-corrected chi connectivity index (χ2v) is 3.69. The highest BCUT2D eigenvalue weighted by Crippen LogP contribution is 2.33. The van der Waals surface area contributed by atoms with Crippen molar-refractivity contribution in [1.29, 1.82) is 5.26 Å². The number of halogens is 1. The molecule has 0 saturated heterocycles. The van der Waals surface area contributed by atoms with Crippen LogP contribution in [-0.2, 0) is 6.42 Å². The maximum Gasteiger partial charge on any atom is 0.101 e. The molecule has 0 fully saturated rings. The van der Waals surface area contributed by atoms with Crippen LogP contribution in [0.25, 0.3) is 0 Å². The molecule has 1 atom stereocenters. The van der Waals surface area contributed by atoms with E-state index in [0.717, 1.165) is 17.7 Å². The number of nitrogens with one attached hydrogen (secondary N) is 1. The fourth-order valence-electron chi connectivity index (χ4n) is 1.67. The molecule has 1 aliphatic heterocycles. The molecule has 0 aromatic heterocycles. The van der Waals surface area contributed by atoms with Gasteiger partial charge in [-0.2, -0.15) is 5.26 Å². The van der Waals surface area contributed by atoms with Crippen molar-refractivity contribution >= 4 is 17.3 Å². The number of rotatable bonds is 0. The first-order chi connectivity index (χ1) is 6.22. The van der Waals surface area contributed by atoms with Crippen molar-refractivity contribution in [3.05, 3.63) is 28.3 Å². The van der Waals surface area contributed by atoms with Crippen molar-refractivity contribution < 1.29 is 0 Å². The quantitative estimate of drug-likeness (QED) is 0.686. The van der Waals surface area contributed by atoms with E-state index in [-0.39, 0.29) is 0 Å². The van der Waals surface area contributed by atoms with Crippen molar-refractivity contribution in [1.82, 2.24) is 0 Å². The summed E-state index contributed by atoms with van der Waals surface area (Å²) in [7, 11) is 0. The number of anilines is 1. The van der Waals surface area contributed by atoms with Crippen LogP contribution in [0.2, 0.25) is 5.02 Å². The average molecular weight is 193 g/mol. The van der Waals surface area contributed by atoms with E-state index in [1.165, 1.54) is 0 Å². The van der Waals surface area contributed by atoms with Crippen molar-refractivity contribution in [2.75, 3.05) is 5.32 Å². The fourth-order valence-corrected chi connectivity index (χ4v) is 1.95. The molecule has 0 spiro atoms. The molecule has 0 aliphatic carbocycles. The van der Waals surface area contributed by atoms with Crippen LogP contribution in [0.4, 0.5) is 5.69 Å². The summed E-state index contributed by atoms with van der Waals surface area (Å²) in [5, 5.41) is 12.7. The van der Waals surface area contributed by atoms with Gasteiger partial charge < -0.3 is 5.32 Å². The summed E-state index contributed by atoms with van der Waals surface area (Å²) in [6, 6.07) is 6.17. The average Bonchev–Trinajstić information content (AvgIpc) is 2.47. The summed E-state index contributed by atoms with van der Waals surface area (Å²) >= 11 is 6.06. The SMILES string of the molecule is CC1Cc2c(ccc(C#N)c2Cl)N1. The summed E-state index contributed by atoms with van der Waals surface area (Å²) in [6.45, 7) is 2.10. The first-order valence-corrected chi connectivity index (χ1v) is 4.58. The molecule has 2 nitrogen and oxygen atoms in total. The third kappa shape index (κ3) is 1.26. The van der Waals surface area contributed by atoms with Gasteiger partial charge in [0.1, 0.15) is 6.07 Å². The third-order valence-electron chi connectivity index (χ3n) is 2.28. The summed E-state index contributed by atoms with van der Waals surface area (Å²) < 4.78 is 0. The van der Waals surface area contributed by atoms with E-state index in [1.807, 2.05) is 6.07 Å². The maximum atomic E-state index is 8.76. The topological polar surface area (TPSA) is 35.8 Å². The van der Waals surface area contributed by atoms with Gasteiger partial charge in [-0.05, 0) is 31.0 Å². The van der Waals surface area contributed by atoms with Gasteiger partial charge >= 0.3 is 0 Å². The summed E-state index contributed by atoms with van der Waals surface area (Å²) in [6.07, 6.45) is 0.906. The lowest BCUT2D eigenvalue weighted by molar-refractivity contribution is 0.839. The standard InChI is InChI=1S/C10H9ClN2/c1-6-4-8-9(13-6)3-2-7(5-12)10(8)11/h2-3,6,13H,4H2,1H3. The van der Waals surface area contributed by atoms with Gasteiger partial charge in [0.05, 0.1) is 10.6 Å². The first kappa shape index (κ1) is 8.40. The molecule has 0 amide bonds. The number of benzene rings is 1. The Balaban J connectivity index is 2.56. The molecule has 1 heterocycles. The van der Waals surface area contributed by atoms with Crippen LogP contribution in [0.15, 0.2) is 12.1 Å². The van der Waals surface area contributed by atoms with Gasteiger partial charge in [-0.25, -0.2) is 0 Å². The van der Waals surface area contributed by atoms with E-state index in [0.29, 0.717) is 16.6 Å². The number of nitriles is 1. The molecular weight excluding hydrogens is 184 g/mol. The number of hydrogen-bond acceptors (Lipinski definition) is 2. The van der Waals surface area contributed by atoms with Gasteiger partial charge in [0.25, 0.3) is 0 Å². The number of fused-ring (bicyclic) bond motifs is 1. The van der Waals surface area contributed by atoms with Crippen LogP contribution in [0, 0.1) is 11.3 Å². The van der Waals surface area contributed by atoms with Crippen LogP contribution in [0.3, 0.4) is 0 Å². The van der Waals surface area contributed by atoms with E-state index >= 15 is 0 Å². The highest BCUT2D eigenvalue weighted by Gasteiger charge is 2.20. The zero-order valence-corrected chi connectivity index (χ0v) is 8.02. The smallest absolute Gasteiger partial charge is 0.101 e. The maximum absolute atomic E-state index is 8.76. The Morgan fingerprint density at radius 3 is 3.08 bits per heavy atom. The number of hydrogen-bond donors (Lipinski definition) is 1. The van der Waals surface area contributed by atoms with E-state index in [1.54, 1.807) is 6.07 Å². The molecule has 0 bridgehead atoms. The predicted molar refractivity (Wildman–Crippen MR) is 53.0 cm³/mol. The van der Waals surface area contributed by atoms with Gasteiger partial charge in [0, 0.05) is 11.7 Å². The van der Waals surface area contributed by atoms with Crippen molar-refractivity contribution in [3.8, 4) is 6.07 Å². The third-order valence-corrected chi connectivity index (χ3v) is 2.71. The van der Waals surface area contributed by atoms with Crippen molar-refractivity contribution in [2.45, 2.75) is 19.4 Å². The predicted octanol–water partition coefficient (Wildman–Crippen LogP) is 2.57. The molecule has 2 rings (SSSR count). The minimum atomic E-state index is 0.418. The van der Waals surface area contributed by atoms with Crippen LogP contribution in [-0.4, -0.2) is 6.04 Å². The van der Waals surface area contributed by atoms with Gasteiger partial charge in [-0.15, -0.1) is 0 Å². The van der Waals surface area contributed by atoms with E-state index in [4.69, 9.17) is 16.9 Å². The van der Waals surface area contributed by atoms with Gasteiger partial charge in [-0.1, -0.05) is 11.6 Å². The lowest BCUT2D eigenvalue weighted by atomic mass is 10.1. The minimum absolute atomic E-state index is 0.418. The Kier molecular flexibility index (Phi) is 1.90. The number of nitrogens with zero attached hydrogens (tertiary/aromatic N) is 1. The fraction of sp³-hybridized carbons (Fsp3) is 0.300. The molecule has 1 aromatic carbocycles. The van der Waals surface area contributed by atoms with Crippen molar-refractivity contribution in [3.63, 3.8) is 0 Å². The molecule has 0 radical (unpaired) electrons. The van der Waals surface area contributed by atoms with E-state index in [2.05, 4.69) is 18.3 Å². The zero-order valence-electron chi connectivity index (χ0n) is 7.26.